The fourth-order valence-corrected chi connectivity index (χ4v) is 7.18. The number of hydrogen-bond acceptors (Lipinski definition) is 2. The predicted octanol–water partition coefficient (Wildman–Crippen LogP) is 10.0. The zero-order valence-corrected chi connectivity index (χ0v) is 25.2. The largest absolute Gasteiger partial charge is 0.306 e. The molecule has 4 nitrogen and oxygen atoms in total. The molecule has 210 valence electrons. The summed E-state index contributed by atoms with van der Waals surface area (Å²) in [5, 5.41) is 14.5. The first-order valence-electron chi connectivity index (χ1n) is 15.0. The molecule has 3 aromatic heterocycles. The van der Waals surface area contributed by atoms with Gasteiger partial charge in [0.15, 0.2) is 0 Å². The Kier molecular flexibility index (Phi) is 5.73. The van der Waals surface area contributed by atoms with Gasteiger partial charge in [0.25, 0.3) is 0 Å². The van der Waals surface area contributed by atoms with E-state index < -0.39 is 0 Å². The van der Waals surface area contributed by atoms with Crippen molar-refractivity contribution in [2.75, 3.05) is 0 Å². The van der Waals surface area contributed by atoms with E-state index in [0.717, 1.165) is 22.5 Å². The molecule has 44 heavy (non-hydrogen) atoms. The van der Waals surface area contributed by atoms with Crippen LogP contribution in [-0.2, 0) is 0 Å². The van der Waals surface area contributed by atoms with Crippen molar-refractivity contribution < 1.29 is 0 Å². The Bertz CT molecular complexity index is 2220. The summed E-state index contributed by atoms with van der Waals surface area (Å²) in [7, 11) is 0. The number of benzene rings is 5. The highest BCUT2D eigenvalue weighted by Gasteiger charge is 2.24. The highest BCUT2D eigenvalue weighted by Crippen LogP contribution is 2.43. The maximum absolute atomic E-state index is 9.64. The lowest BCUT2D eigenvalue weighted by Gasteiger charge is -2.21. The monoisotopic (exact) mass is 566 g/mol. The van der Waals surface area contributed by atoms with E-state index in [-0.39, 0.29) is 0 Å². The summed E-state index contributed by atoms with van der Waals surface area (Å²) >= 11 is 0. The molecule has 0 radical (unpaired) electrons. The van der Waals surface area contributed by atoms with Gasteiger partial charge in [-0.15, -0.1) is 0 Å². The minimum Gasteiger partial charge on any atom is -0.306 e. The predicted molar refractivity (Wildman–Crippen MR) is 182 cm³/mol. The summed E-state index contributed by atoms with van der Waals surface area (Å²) in [6.07, 6.45) is 4.00. The molecule has 0 saturated heterocycles. The first-order valence-corrected chi connectivity index (χ1v) is 15.0. The van der Waals surface area contributed by atoms with Crippen LogP contribution < -0.4 is 0 Å². The lowest BCUT2D eigenvalue weighted by atomic mass is 10.0. The third-order valence-electron chi connectivity index (χ3n) is 9.12. The lowest BCUT2D eigenvalue weighted by Crippen LogP contribution is -2.06. The second-order valence-corrected chi connectivity index (χ2v) is 11.8. The van der Waals surface area contributed by atoms with Crippen molar-refractivity contribution in [2.24, 2.45) is 0 Å². The Morgan fingerprint density at radius 3 is 1.20 bits per heavy atom. The number of pyridine rings is 1. The van der Waals surface area contributed by atoms with E-state index in [9.17, 15) is 5.26 Å². The zero-order chi connectivity index (χ0) is 30.1. The van der Waals surface area contributed by atoms with Crippen LogP contribution in [0.4, 0.5) is 0 Å². The van der Waals surface area contributed by atoms with Gasteiger partial charge in [-0.3, -0.25) is 4.98 Å². The van der Waals surface area contributed by atoms with E-state index in [1.165, 1.54) is 65.9 Å². The fourth-order valence-electron chi connectivity index (χ4n) is 7.18. The normalized spacial score (nSPS) is 11.6. The van der Waals surface area contributed by atoms with Gasteiger partial charge in [0.2, 0.25) is 0 Å². The summed E-state index contributed by atoms with van der Waals surface area (Å²) in [6.45, 7) is 8.74. The number of aromatic nitrogens is 3. The molecule has 5 aromatic carbocycles. The molecule has 0 N–H and O–H groups in total. The summed E-state index contributed by atoms with van der Waals surface area (Å²) in [4.78, 5) is 4.97. The second-order valence-electron chi connectivity index (χ2n) is 11.8. The van der Waals surface area contributed by atoms with Gasteiger partial charge in [-0.05, 0) is 67.6 Å². The minimum absolute atomic E-state index is 0.637. The standard InChI is InChI=1S/C40H30N4/c1-24-9-5-13-30-31-14-6-10-25(2)38(31)43(37(24)30)34-22-42-23-35(36(34)29-19-17-28(21-41)18-20-29)44-39-26(3)11-7-15-32(39)33-16-8-12-27(4)40(33)44/h5-20,22-23H,1-4H3. The van der Waals surface area contributed by atoms with E-state index in [2.05, 4.69) is 128 Å². The Morgan fingerprint density at radius 1 is 0.500 bits per heavy atom. The van der Waals surface area contributed by atoms with Crippen molar-refractivity contribution in [3.63, 3.8) is 0 Å². The van der Waals surface area contributed by atoms with E-state index in [1.807, 2.05) is 24.5 Å². The summed E-state index contributed by atoms with van der Waals surface area (Å²) in [5.74, 6) is 0. The molecule has 0 atom stereocenters. The van der Waals surface area contributed by atoms with Crippen molar-refractivity contribution in [1.29, 1.82) is 5.26 Å². The number of para-hydroxylation sites is 4. The lowest BCUT2D eigenvalue weighted by molar-refractivity contribution is 1.08. The second kappa shape index (κ2) is 9.69. The Balaban J connectivity index is 1.61. The smallest absolute Gasteiger partial charge is 0.0991 e. The Morgan fingerprint density at radius 2 is 0.864 bits per heavy atom. The average molecular weight is 567 g/mol. The molecule has 3 heterocycles. The molecule has 0 fully saturated rings. The maximum atomic E-state index is 9.64. The fraction of sp³-hybridized carbons (Fsp3) is 0.100. The molecule has 0 aliphatic carbocycles. The van der Waals surface area contributed by atoms with Gasteiger partial charge < -0.3 is 9.13 Å². The molecule has 0 amide bonds. The Labute approximate surface area is 256 Å². The van der Waals surface area contributed by atoms with Gasteiger partial charge >= 0.3 is 0 Å². The van der Waals surface area contributed by atoms with Gasteiger partial charge in [0, 0.05) is 27.1 Å². The van der Waals surface area contributed by atoms with E-state index in [0.29, 0.717) is 5.56 Å². The summed E-state index contributed by atoms with van der Waals surface area (Å²) in [6, 6.07) is 36.5. The molecule has 4 heteroatoms. The van der Waals surface area contributed by atoms with Crippen molar-refractivity contribution in [3.05, 3.63) is 137 Å². The number of aryl methyl sites for hydroxylation is 4. The SMILES string of the molecule is Cc1cccc2c3cccc(C)c3n(-c3cncc(-n4c5c(C)cccc5c5cccc(C)c54)c3-c3ccc(C#N)cc3)c12. The van der Waals surface area contributed by atoms with Crippen LogP contribution in [0.25, 0.3) is 66.1 Å². The van der Waals surface area contributed by atoms with Crippen molar-refractivity contribution in [2.45, 2.75) is 27.7 Å². The van der Waals surface area contributed by atoms with Crippen LogP contribution in [0, 0.1) is 39.0 Å². The van der Waals surface area contributed by atoms with Crippen LogP contribution in [0.1, 0.15) is 27.8 Å². The maximum Gasteiger partial charge on any atom is 0.0991 e. The molecule has 8 aromatic rings. The van der Waals surface area contributed by atoms with Crippen molar-refractivity contribution in [1.82, 2.24) is 14.1 Å². The highest BCUT2D eigenvalue weighted by atomic mass is 15.0. The molecule has 0 unspecified atom stereocenters. The Hall–Kier alpha value is -5.66. The van der Waals surface area contributed by atoms with Crippen molar-refractivity contribution >= 4 is 43.6 Å². The first kappa shape index (κ1) is 26.0. The van der Waals surface area contributed by atoms with E-state index in [4.69, 9.17) is 4.98 Å². The average Bonchev–Trinajstić information content (AvgIpc) is 3.57. The molecule has 0 aliphatic heterocycles. The molecule has 0 saturated carbocycles. The van der Waals surface area contributed by atoms with Crippen LogP contribution in [0.5, 0.6) is 0 Å². The number of fused-ring (bicyclic) bond motifs is 6. The van der Waals surface area contributed by atoms with Crippen LogP contribution in [-0.4, -0.2) is 14.1 Å². The van der Waals surface area contributed by atoms with E-state index in [1.54, 1.807) is 0 Å². The molecule has 8 rings (SSSR count). The summed E-state index contributed by atoms with van der Waals surface area (Å²) in [5.41, 5.74) is 14.3. The van der Waals surface area contributed by atoms with Gasteiger partial charge in [-0.25, -0.2) is 0 Å². The number of nitriles is 1. The first-order chi connectivity index (χ1) is 21.5. The van der Waals surface area contributed by atoms with Crippen molar-refractivity contribution in [3.8, 4) is 28.6 Å². The van der Waals surface area contributed by atoms with Crippen LogP contribution in [0.3, 0.4) is 0 Å². The highest BCUT2D eigenvalue weighted by molar-refractivity contribution is 6.13. The number of nitrogens with zero attached hydrogens (tertiary/aromatic N) is 4. The molecule has 0 spiro atoms. The summed E-state index contributed by atoms with van der Waals surface area (Å²) < 4.78 is 4.82. The van der Waals surface area contributed by atoms with E-state index >= 15 is 0 Å². The van der Waals surface area contributed by atoms with Gasteiger partial charge in [-0.1, -0.05) is 84.9 Å². The molecular weight excluding hydrogens is 536 g/mol. The van der Waals surface area contributed by atoms with Crippen LogP contribution >= 0.6 is 0 Å². The molecule has 0 aliphatic rings. The number of hydrogen-bond donors (Lipinski definition) is 0. The quantitative estimate of drug-likeness (QED) is 0.214. The van der Waals surface area contributed by atoms with Gasteiger partial charge in [-0.2, -0.15) is 5.26 Å². The molecule has 0 bridgehead atoms. The number of rotatable bonds is 3. The molecular formula is C40H30N4. The topological polar surface area (TPSA) is 46.5 Å². The van der Waals surface area contributed by atoms with Crippen LogP contribution in [0.2, 0.25) is 0 Å². The van der Waals surface area contributed by atoms with Gasteiger partial charge in [0.1, 0.15) is 0 Å². The van der Waals surface area contributed by atoms with Gasteiger partial charge in [0.05, 0.1) is 57.5 Å². The van der Waals surface area contributed by atoms with Crippen LogP contribution in [0.15, 0.2) is 109 Å². The zero-order valence-electron chi connectivity index (χ0n) is 25.2. The third kappa shape index (κ3) is 3.60. The third-order valence-corrected chi connectivity index (χ3v) is 9.12. The minimum atomic E-state index is 0.637.